The van der Waals surface area contributed by atoms with E-state index >= 15 is 0 Å². The summed E-state index contributed by atoms with van der Waals surface area (Å²) in [6, 6.07) is 0.733. The van der Waals surface area contributed by atoms with Crippen molar-refractivity contribution in [3.63, 3.8) is 0 Å². The second-order valence-electron chi connectivity index (χ2n) is 3.54. The number of aromatic nitrogens is 1. The van der Waals surface area contributed by atoms with Crippen molar-refractivity contribution in [2.24, 2.45) is 0 Å². The van der Waals surface area contributed by atoms with Gasteiger partial charge in [0, 0.05) is 6.20 Å². The van der Waals surface area contributed by atoms with Gasteiger partial charge in [-0.05, 0) is 6.07 Å². The maximum Gasteiger partial charge on any atom is 1.00 e. The van der Waals surface area contributed by atoms with Crippen LogP contribution in [0.3, 0.4) is 0 Å². The van der Waals surface area contributed by atoms with E-state index in [-0.39, 0.29) is 70.3 Å². The molecule has 0 spiro atoms. The topological polar surface area (TPSA) is 31.4 Å². The molecule has 1 aromatic heterocycles. The SMILES string of the molecule is F[B-](F)(F)c1cncc(OCCOCC(F)(F)F)c1.[K+]. The second kappa shape index (κ2) is 8.59. The Bertz CT molecular complexity index is 414. The summed E-state index contributed by atoms with van der Waals surface area (Å²) in [4.78, 5) is 3.34. The Morgan fingerprint density at radius 2 is 1.75 bits per heavy atom. The van der Waals surface area contributed by atoms with Crippen LogP contribution in [0.25, 0.3) is 0 Å². The molecule has 108 valence electrons. The third-order valence-corrected chi connectivity index (χ3v) is 1.87. The third kappa shape index (κ3) is 8.47. The number of pyridine rings is 1. The van der Waals surface area contributed by atoms with Crippen molar-refractivity contribution >= 4 is 12.4 Å². The number of ether oxygens (including phenoxy) is 2. The third-order valence-electron chi connectivity index (χ3n) is 1.87. The molecule has 0 aliphatic carbocycles. The number of rotatable bonds is 6. The Hall–Kier alpha value is 0.191. The second-order valence-corrected chi connectivity index (χ2v) is 3.54. The van der Waals surface area contributed by atoms with Gasteiger partial charge in [0.05, 0.1) is 12.8 Å². The van der Waals surface area contributed by atoms with E-state index in [4.69, 9.17) is 4.74 Å². The van der Waals surface area contributed by atoms with Crippen molar-refractivity contribution in [3.8, 4) is 5.75 Å². The predicted molar refractivity (Wildman–Crippen MR) is 55.3 cm³/mol. The van der Waals surface area contributed by atoms with Gasteiger partial charge in [0.1, 0.15) is 19.0 Å². The molecule has 0 N–H and O–H groups in total. The van der Waals surface area contributed by atoms with Gasteiger partial charge in [0.15, 0.2) is 0 Å². The van der Waals surface area contributed by atoms with Crippen LogP contribution < -0.4 is 61.6 Å². The molecule has 0 amide bonds. The van der Waals surface area contributed by atoms with Crippen molar-refractivity contribution in [1.29, 1.82) is 0 Å². The number of alkyl halides is 3. The molecular formula is C9H9BF6KNO2. The van der Waals surface area contributed by atoms with Crippen LogP contribution in [-0.2, 0) is 4.74 Å². The van der Waals surface area contributed by atoms with Crippen LogP contribution >= 0.6 is 0 Å². The summed E-state index contributed by atoms with van der Waals surface area (Å²) in [5.74, 6) is -0.174. The number of nitrogens with zero attached hydrogens (tertiary/aromatic N) is 1. The predicted octanol–water partition coefficient (Wildman–Crippen LogP) is -0.902. The van der Waals surface area contributed by atoms with E-state index in [1.54, 1.807) is 0 Å². The van der Waals surface area contributed by atoms with E-state index in [2.05, 4.69) is 9.72 Å². The van der Waals surface area contributed by atoms with Crippen LogP contribution in [0.1, 0.15) is 0 Å². The summed E-state index contributed by atoms with van der Waals surface area (Å²) in [5.41, 5.74) is -0.936. The number of hydrogen-bond acceptors (Lipinski definition) is 3. The summed E-state index contributed by atoms with van der Waals surface area (Å²) >= 11 is 0. The molecular weight excluding hydrogens is 318 g/mol. The first-order valence-corrected chi connectivity index (χ1v) is 5.11. The number of halogens is 6. The molecule has 0 radical (unpaired) electrons. The van der Waals surface area contributed by atoms with E-state index < -0.39 is 25.2 Å². The minimum Gasteiger partial charge on any atom is -0.490 e. The monoisotopic (exact) mass is 327 g/mol. The first kappa shape index (κ1) is 20.2. The summed E-state index contributed by atoms with van der Waals surface area (Å²) in [7, 11) is 0. The molecule has 0 aromatic carbocycles. The van der Waals surface area contributed by atoms with E-state index in [0.717, 1.165) is 12.3 Å². The van der Waals surface area contributed by atoms with Crippen LogP contribution in [-0.4, -0.2) is 38.0 Å². The minimum absolute atomic E-state index is 0. The fourth-order valence-electron chi connectivity index (χ4n) is 1.10. The molecule has 0 unspecified atom stereocenters. The molecule has 0 bridgehead atoms. The standard InChI is InChI=1S/C9H9BF6NO2.K/c11-9(12,13)6-18-1-2-19-8-3-7(4-17-5-8)10(14,15)16;/h3-5H,1-2,6H2;/q-1;+1. The quantitative estimate of drug-likeness (QED) is 0.386. The Morgan fingerprint density at radius 3 is 2.30 bits per heavy atom. The van der Waals surface area contributed by atoms with Crippen molar-refractivity contribution in [1.82, 2.24) is 4.98 Å². The van der Waals surface area contributed by atoms with Crippen LogP contribution in [0.2, 0.25) is 0 Å². The zero-order valence-electron chi connectivity index (χ0n) is 10.5. The van der Waals surface area contributed by atoms with E-state index in [1.165, 1.54) is 0 Å². The number of hydrogen-bond donors (Lipinski definition) is 0. The minimum atomic E-state index is -5.19. The first-order chi connectivity index (χ1) is 8.68. The fraction of sp³-hybridized carbons (Fsp3) is 0.444. The fourth-order valence-corrected chi connectivity index (χ4v) is 1.10. The normalized spacial score (nSPS) is 11.9. The molecule has 11 heteroatoms. The molecule has 20 heavy (non-hydrogen) atoms. The Kier molecular flexibility index (Phi) is 8.67. The summed E-state index contributed by atoms with van der Waals surface area (Å²) in [6.45, 7) is -7.31. The maximum atomic E-state index is 12.4. The smallest absolute Gasteiger partial charge is 0.490 e. The average molecular weight is 327 g/mol. The summed E-state index contributed by atoms with van der Waals surface area (Å²) < 4.78 is 81.2. The van der Waals surface area contributed by atoms with Gasteiger partial charge in [-0.1, -0.05) is 5.46 Å². The molecule has 0 aliphatic rings. The average Bonchev–Trinajstić information content (AvgIpc) is 2.26. The van der Waals surface area contributed by atoms with Crippen LogP contribution in [0.4, 0.5) is 26.1 Å². The molecule has 3 nitrogen and oxygen atoms in total. The van der Waals surface area contributed by atoms with Crippen LogP contribution in [0, 0.1) is 0 Å². The van der Waals surface area contributed by atoms with Gasteiger partial charge in [-0.2, -0.15) is 13.2 Å². The molecule has 0 aliphatic heterocycles. The molecule has 0 saturated carbocycles. The largest absolute Gasteiger partial charge is 1.00 e. The molecule has 1 heterocycles. The van der Waals surface area contributed by atoms with Crippen molar-refractivity contribution in [3.05, 3.63) is 18.5 Å². The van der Waals surface area contributed by atoms with Gasteiger partial charge in [-0.25, -0.2) is 0 Å². The van der Waals surface area contributed by atoms with Gasteiger partial charge >= 0.3 is 64.5 Å². The molecule has 1 rings (SSSR count). The van der Waals surface area contributed by atoms with E-state index in [0.29, 0.717) is 6.20 Å². The maximum absolute atomic E-state index is 12.4. The van der Waals surface area contributed by atoms with Gasteiger partial charge in [-0.3, -0.25) is 4.98 Å². The molecule has 1 aromatic rings. The zero-order valence-corrected chi connectivity index (χ0v) is 13.6. The van der Waals surface area contributed by atoms with Crippen molar-refractivity contribution < 1.29 is 87.0 Å². The molecule has 0 saturated heterocycles. The van der Waals surface area contributed by atoms with Crippen LogP contribution in [0.15, 0.2) is 18.5 Å². The summed E-state index contributed by atoms with van der Waals surface area (Å²) in [5, 5.41) is 0. The van der Waals surface area contributed by atoms with Gasteiger partial charge < -0.3 is 22.4 Å². The van der Waals surface area contributed by atoms with Crippen molar-refractivity contribution in [2.75, 3.05) is 19.8 Å². The Labute approximate surface area is 153 Å². The molecule has 0 atom stereocenters. The first-order valence-electron chi connectivity index (χ1n) is 5.11. The van der Waals surface area contributed by atoms with Gasteiger partial charge in [-0.15, -0.1) is 0 Å². The summed E-state index contributed by atoms with van der Waals surface area (Å²) in [6.07, 6.45) is -2.76. The molecule has 0 fully saturated rings. The zero-order chi connectivity index (χ0) is 14.5. The van der Waals surface area contributed by atoms with Crippen molar-refractivity contribution in [2.45, 2.75) is 6.18 Å². The Morgan fingerprint density at radius 1 is 1.10 bits per heavy atom. The van der Waals surface area contributed by atoms with E-state index in [9.17, 15) is 26.1 Å². The Balaban J connectivity index is 0.00000361. The van der Waals surface area contributed by atoms with Gasteiger partial charge in [0.25, 0.3) is 0 Å². The van der Waals surface area contributed by atoms with Crippen LogP contribution in [0.5, 0.6) is 5.75 Å². The van der Waals surface area contributed by atoms with E-state index in [1.807, 2.05) is 0 Å². The van der Waals surface area contributed by atoms with Gasteiger partial charge in [0.2, 0.25) is 0 Å².